The lowest BCUT2D eigenvalue weighted by molar-refractivity contribution is -0.355. The average Bonchev–Trinajstić information content (AvgIpc) is 2.56. The molecular weight excluding hydrogens is 292 g/mol. The molecule has 0 radical (unpaired) electrons. The Morgan fingerprint density at radius 2 is 0.864 bits per heavy atom. The number of hydrogen-bond donors (Lipinski definition) is 0. The van der Waals surface area contributed by atoms with Gasteiger partial charge in [-0.2, -0.15) is 0 Å². The van der Waals surface area contributed by atoms with E-state index < -0.39 is 5.97 Å². The Bertz CT molecular complexity index is 212. The van der Waals surface area contributed by atoms with Gasteiger partial charge in [0.1, 0.15) is 0 Å². The SMILES string of the molecule is COC(CCCCCCCCCCCCCC[SiH3])(OC)OC. The molecular formula is C18H40O3Si. The highest BCUT2D eigenvalue weighted by Gasteiger charge is 2.28. The average molecular weight is 333 g/mol. The van der Waals surface area contributed by atoms with Crippen molar-refractivity contribution in [2.45, 2.75) is 95.5 Å². The van der Waals surface area contributed by atoms with Crippen LogP contribution in [0.25, 0.3) is 0 Å². The van der Waals surface area contributed by atoms with E-state index in [0.717, 1.165) is 12.8 Å². The Balaban J connectivity index is 3.27. The normalized spacial score (nSPS) is 12.1. The topological polar surface area (TPSA) is 27.7 Å². The predicted octanol–water partition coefficient (Wildman–Crippen LogP) is 4.43. The number of methoxy groups -OCH3 is 3. The van der Waals surface area contributed by atoms with Crippen LogP contribution in [0.4, 0.5) is 0 Å². The molecule has 0 unspecified atom stereocenters. The molecule has 0 atom stereocenters. The molecule has 4 heteroatoms. The van der Waals surface area contributed by atoms with E-state index in [0.29, 0.717) is 0 Å². The van der Waals surface area contributed by atoms with E-state index in [-0.39, 0.29) is 0 Å². The zero-order chi connectivity index (χ0) is 16.5. The van der Waals surface area contributed by atoms with Gasteiger partial charge in [0.05, 0.1) is 0 Å². The fourth-order valence-corrected chi connectivity index (χ4v) is 3.42. The van der Waals surface area contributed by atoms with Gasteiger partial charge in [-0.3, -0.25) is 0 Å². The summed E-state index contributed by atoms with van der Waals surface area (Å²) in [4.78, 5) is 0. The first-order valence-corrected chi connectivity index (χ1v) is 10.8. The van der Waals surface area contributed by atoms with Crippen molar-refractivity contribution < 1.29 is 14.2 Å². The maximum Gasteiger partial charge on any atom is 0.282 e. The van der Waals surface area contributed by atoms with Gasteiger partial charge < -0.3 is 14.2 Å². The van der Waals surface area contributed by atoms with Crippen LogP contribution in [0.15, 0.2) is 0 Å². The quantitative estimate of drug-likeness (QED) is 0.224. The summed E-state index contributed by atoms with van der Waals surface area (Å²) in [6.45, 7) is 0. The lowest BCUT2D eigenvalue weighted by atomic mass is 10.0. The van der Waals surface area contributed by atoms with Gasteiger partial charge in [-0.1, -0.05) is 76.7 Å². The molecule has 0 amide bonds. The van der Waals surface area contributed by atoms with Crippen molar-refractivity contribution in [3.8, 4) is 0 Å². The van der Waals surface area contributed by atoms with E-state index in [9.17, 15) is 0 Å². The Hall–Kier alpha value is 0.0969. The fraction of sp³-hybridized carbons (Fsp3) is 1.00. The molecule has 134 valence electrons. The lowest BCUT2D eigenvalue weighted by Crippen LogP contribution is -2.35. The number of unbranched alkanes of at least 4 members (excludes halogenated alkanes) is 11. The molecule has 0 saturated carbocycles. The standard InChI is InChI=1S/C18H40O3Si/c1-19-18(20-2,21-3)16-14-12-10-8-6-4-5-7-9-11-13-15-17-22/h4-17H2,1-3,22H3. The number of ether oxygens (including phenoxy) is 3. The summed E-state index contributed by atoms with van der Waals surface area (Å²) in [5, 5.41) is 0. The Morgan fingerprint density at radius 1 is 0.545 bits per heavy atom. The molecule has 0 aliphatic carbocycles. The molecule has 0 rings (SSSR count). The molecule has 0 aromatic rings. The van der Waals surface area contributed by atoms with Crippen LogP contribution in [-0.2, 0) is 14.2 Å². The van der Waals surface area contributed by atoms with Gasteiger partial charge in [0.15, 0.2) is 0 Å². The summed E-state index contributed by atoms with van der Waals surface area (Å²) in [6.07, 6.45) is 17.3. The van der Waals surface area contributed by atoms with Gasteiger partial charge in [-0.05, 0) is 6.42 Å². The van der Waals surface area contributed by atoms with Crippen molar-refractivity contribution >= 4 is 10.2 Å². The van der Waals surface area contributed by atoms with Crippen LogP contribution in [0.5, 0.6) is 0 Å². The van der Waals surface area contributed by atoms with E-state index >= 15 is 0 Å². The molecule has 0 aliphatic rings. The van der Waals surface area contributed by atoms with Gasteiger partial charge >= 0.3 is 0 Å². The summed E-state index contributed by atoms with van der Waals surface area (Å²) in [6, 6.07) is 1.49. The third-order valence-electron chi connectivity index (χ3n) is 4.52. The maximum atomic E-state index is 5.30. The van der Waals surface area contributed by atoms with E-state index in [1.54, 1.807) is 21.3 Å². The largest absolute Gasteiger partial charge is 0.331 e. The molecule has 0 N–H and O–H groups in total. The predicted molar refractivity (Wildman–Crippen MR) is 98.5 cm³/mol. The Labute approximate surface area is 141 Å². The molecule has 0 saturated heterocycles. The van der Waals surface area contributed by atoms with Crippen LogP contribution in [0, 0.1) is 0 Å². The minimum atomic E-state index is -0.833. The first-order chi connectivity index (χ1) is 10.7. The zero-order valence-corrected chi connectivity index (χ0v) is 17.6. The number of rotatable bonds is 17. The second kappa shape index (κ2) is 16.0. The van der Waals surface area contributed by atoms with Crippen LogP contribution in [0.3, 0.4) is 0 Å². The van der Waals surface area contributed by atoms with Gasteiger partial charge in [-0.15, -0.1) is 0 Å². The van der Waals surface area contributed by atoms with Crippen molar-refractivity contribution in [1.29, 1.82) is 0 Å². The van der Waals surface area contributed by atoms with E-state index in [1.165, 1.54) is 86.9 Å². The Morgan fingerprint density at radius 3 is 1.18 bits per heavy atom. The van der Waals surface area contributed by atoms with Crippen molar-refractivity contribution in [2.75, 3.05) is 21.3 Å². The minimum absolute atomic E-state index is 0.802. The van der Waals surface area contributed by atoms with Crippen LogP contribution in [-0.4, -0.2) is 37.5 Å². The van der Waals surface area contributed by atoms with Crippen molar-refractivity contribution in [1.82, 2.24) is 0 Å². The van der Waals surface area contributed by atoms with E-state index in [1.807, 2.05) is 0 Å². The first kappa shape index (κ1) is 22.1. The van der Waals surface area contributed by atoms with Crippen molar-refractivity contribution in [3.05, 3.63) is 0 Å². The summed E-state index contributed by atoms with van der Waals surface area (Å²) >= 11 is 0. The van der Waals surface area contributed by atoms with Gasteiger partial charge in [0.25, 0.3) is 5.97 Å². The molecule has 0 aliphatic heterocycles. The second-order valence-corrected chi connectivity index (χ2v) is 7.29. The number of hydrogen-bond acceptors (Lipinski definition) is 3. The molecule has 3 nitrogen and oxygen atoms in total. The lowest BCUT2D eigenvalue weighted by Gasteiger charge is -2.28. The monoisotopic (exact) mass is 332 g/mol. The maximum absolute atomic E-state index is 5.30. The molecule has 0 aromatic heterocycles. The Kier molecular flexibility index (Phi) is 16.0. The van der Waals surface area contributed by atoms with Crippen molar-refractivity contribution in [3.63, 3.8) is 0 Å². The summed E-state index contributed by atoms with van der Waals surface area (Å²) in [5.74, 6) is -0.833. The molecule has 22 heavy (non-hydrogen) atoms. The summed E-state index contributed by atoms with van der Waals surface area (Å²) in [5.41, 5.74) is 0. The molecule has 0 heterocycles. The highest BCUT2D eigenvalue weighted by molar-refractivity contribution is 6.08. The summed E-state index contributed by atoms with van der Waals surface area (Å²) in [7, 11) is 6.29. The van der Waals surface area contributed by atoms with Gasteiger partial charge in [-0.25, -0.2) is 0 Å². The molecule has 0 aromatic carbocycles. The minimum Gasteiger partial charge on any atom is -0.331 e. The van der Waals surface area contributed by atoms with Crippen molar-refractivity contribution in [2.24, 2.45) is 0 Å². The second-order valence-electron chi connectivity index (χ2n) is 6.29. The third-order valence-corrected chi connectivity index (χ3v) is 5.23. The van der Waals surface area contributed by atoms with Gasteiger partial charge in [0.2, 0.25) is 0 Å². The first-order valence-electron chi connectivity index (χ1n) is 9.40. The summed E-state index contributed by atoms with van der Waals surface area (Å²) < 4.78 is 15.9. The highest BCUT2D eigenvalue weighted by Crippen LogP contribution is 2.21. The van der Waals surface area contributed by atoms with E-state index in [4.69, 9.17) is 14.2 Å². The zero-order valence-electron chi connectivity index (χ0n) is 15.6. The van der Waals surface area contributed by atoms with Gasteiger partial charge in [0, 0.05) is 38.0 Å². The smallest absolute Gasteiger partial charge is 0.282 e. The van der Waals surface area contributed by atoms with Crippen LogP contribution in [0.2, 0.25) is 6.04 Å². The van der Waals surface area contributed by atoms with Crippen LogP contribution in [0.1, 0.15) is 83.5 Å². The highest BCUT2D eigenvalue weighted by atomic mass is 28.1. The fourth-order valence-electron chi connectivity index (χ4n) is 2.92. The molecule has 0 spiro atoms. The van der Waals surface area contributed by atoms with Crippen LogP contribution >= 0.6 is 0 Å². The van der Waals surface area contributed by atoms with E-state index in [2.05, 4.69) is 0 Å². The molecule has 0 bridgehead atoms. The third kappa shape index (κ3) is 11.6. The van der Waals surface area contributed by atoms with Crippen LogP contribution < -0.4 is 0 Å². The molecule has 0 fully saturated rings.